The number of hydrogen-bond donors (Lipinski definition) is 0. The van der Waals surface area contributed by atoms with Crippen LogP contribution in [0.5, 0.6) is 0 Å². The number of carbonyl (C=O) groups is 1. The zero-order valence-electron chi connectivity index (χ0n) is 6.75. The van der Waals surface area contributed by atoms with Crippen LogP contribution in [0.15, 0.2) is 35.4 Å². The summed E-state index contributed by atoms with van der Waals surface area (Å²) in [6.07, 6.45) is 1.66. The summed E-state index contributed by atoms with van der Waals surface area (Å²) in [4.78, 5) is 10.7. The van der Waals surface area contributed by atoms with Gasteiger partial charge in [0, 0.05) is 6.92 Å². The largest absolute Gasteiger partial charge is 0.294 e. The van der Waals surface area contributed by atoms with E-state index in [1.807, 2.05) is 30.3 Å². The molecule has 0 aliphatic heterocycles. The lowest BCUT2D eigenvalue weighted by molar-refractivity contribution is -0.112. The van der Waals surface area contributed by atoms with Gasteiger partial charge in [0.15, 0.2) is 5.78 Å². The van der Waals surface area contributed by atoms with E-state index in [0.29, 0.717) is 0 Å². The van der Waals surface area contributed by atoms with Crippen LogP contribution in [0.2, 0.25) is 0 Å². The van der Waals surface area contributed by atoms with E-state index < -0.39 is 0 Å². The summed E-state index contributed by atoms with van der Waals surface area (Å²) in [5.41, 5.74) is 0.942. The highest BCUT2D eigenvalue weighted by molar-refractivity contribution is 6.44. The van der Waals surface area contributed by atoms with Crippen LogP contribution in [-0.4, -0.2) is 5.78 Å². The van der Waals surface area contributed by atoms with E-state index >= 15 is 0 Å². The van der Waals surface area contributed by atoms with Gasteiger partial charge in [-0.1, -0.05) is 41.9 Å². The second-order valence-corrected chi connectivity index (χ2v) is 2.87. The summed E-state index contributed by atoms with van der Waals surface area (Å²) >= 11 is 5.66. The maximum atomic E-state index is 10.7. The lowest BCUT2D eigenvalue weighted by Gasteiger charge is -1.92. The number of halogens is 1. The van der Waals surface area contributed by atoms with Gasteiger partial charge in [-0.05, 0) is 11.6 Å². The van der Waals surface area contributed by atoms with Crippen molar-refractivity contribution in [2.75, 3.05) is 0 Å². The molecule has 0 heterocycles. The smallest absolute Gasteiger partial charge is 0.171 e. The number of allylic oxidation sites excluding steroid dienone is 1. The maximum Gasteiger partial charge on any atom is 0.171 e. The first kappa shape index (κ1) is 9.01. The number of rotatable bonds is 2. The number of Topliss-reactive ketones (excluding diaryl/α,β-unsaturated/α-hetero) is 1. The Morgan fingerprint density at radius 3 is 2.42 bits per heavy atom. The minimum absolute atomic E-state index is 0.111. The molecular formula is C10H9ClO. The van der Waals surface area contributed by atoms with Gasteiger partial charge < -0.3 is 0 Å². The molecule has 1 aromatic carbocycles. The van der Waals surface area contributed by atoms with Crippen molar-refractivity contribution in [1.82, 2.24) is 0 Å². The molecule has 0 bridgehead atoms. The molecule has 0 saturated heterocycles. The molecule has 1 rings (SSSR count). The molecule has 0 atom stereocenters. The van der Waals surface area contributed by atoms with Crippen LogP contribution in [0.3, 0.4) is 0 Å². The van der Waals surface area contributed by atoms with E-state index in [9.17, 15) is 4.79 Å². The zero-order chi connectivity index (χ0) is 8.97. The van der Waals surface area contributed by atoms with Crippen LogP contribution in [0.1, 0.15) is 12.5 Å². The first-order valence-electron chi connectivity index (χ1n) is 3.63. The summed E-state index contributed by atoms with van der Waals surface area (Å²) in [6, 6.07) is 9.50. The van der Waals surface area contributed by atoms with Crippen molar-refractivity contribution in [2.24, 2.45) is 0 Å². The van der Waals surface area contributed by atoms with Crippen LogP contribution >= 0.6 is 11.6 Å². The highest BCUT2D eigenvalue weighted by atomic mass is 35.5. The quantitative estimate of drug-likeness (QED) is 0.640. The molecule has 1 nitrogen and oxygen atoms in total. The van der Waals surface area contributed by atoms with Gasteiger partial charge in [0.2, 0.25) is 0 Å². The fourth-order valence-corrected chi connectivity index (χ4v) is 0.923. The van der Waals surface area contributed by atoms with Crippen molar-refractivity contribution in [1.29, 1.82) is 0 Å². The van der Waals surface area contributed by atoms with Crippen LogP contribution in [0, 0.1) is 0 Å². The predicted octanol–water partition coefficient (Wildman–Crippen LogP) is 2.86. The first-order chi connectivity index (χ1) is 5.70. The molecule has 0 unspecified atom stereocenters. The van der Waals surface area contributed by atoms with Gasteiger partial charge >= 0.3 is 0 Å². The molecule has 0 radical (unpaired) electrons. The molecule has 0 amide bonds. The SMILES string of the molecule is CC(=O)/C(Cl)=C/c1ccccc1. The molecule has 1 aromatic rings. The Kier molecular flexibility index (Phi) is 3.06. The van der Waals surface area contributed by atoms with Crippen LogP contribution in [0.25, 0.3) is 6.08 Å². The number of ketones is 1. The Morgan fingerprint density at radius 1 is 1.33 bits per heavy atom. The first-order valence-corrected chi connectivity index (χ1v) is 4.01. The fourth-order valence-electron chi connectivity index (χ4n) is 0.797. The van der Waals surface area contributed by atoms with E-state index in [1.54, 1.807) is 6.08 Å². The molecular weight excluding hydrogens is 172 g/mol. The predicted molar refractivity (Wildman–Crippen MR) is 51.0 cm³/mol. The van der Waals surface area contributed by atoms with Gasteiger partial charge in [0.25, 0.3) is 0 Å². The van der Waals surface area contributed by atoms with Gasteiger partial charge in [-0.25, -0.2) is 0 Å². The van der Waals surface area contributed by atoms with E-state index in [4.69, 9.17) is 11.6 Å². The van der Waals surface area contributed by atoms with Crippen molar-refractivity contribution in [3.8, 4) is 0 Å². The summed E-state index contributed by atoms with van der Waals surface area (Å²) < 4.78 is 0. The minimum atomic E-state index is -0.111. The number of carbonyl (C=O) groups excluding carboxylic acids is 1. The van der Waals surface area contributed by atoms with Crippen molar-refractivity contribution < 1.29 is 4.79 Å². The van der Waals surface area contributed by atoms with Gasteiger partial charge in [0.1, 0.15) is 0 Å². The second kappa shape index (κ2) is 4.07. The summed E-state index contributed by atoms with van der Waals surface area (Å²) in [6.45, 7) is 1.45. The molecule has 0 spiro atoms. The Balaban J connectivity index is 2.89. The molecule has 12 heavy (non-hydrogen) atoms. The third kappa shape index (κ3) is 2.51. The van der Waals surface area contributed by atoms with E-state index in [2.05, 4.69) is 0 Å². The van der Waals surface area contributed by atoms with Gasteiger partial charge in [0.05, 0.1) is 5.03 Å². The highest BCUT2D eigenvalue weighted by Gasteiger charge is 1.97. The second-order valence-electron chi connectivity index (χ2n) is 2.46. The topological polar surface area (TPSA) is 17.1 Å². The standard InChI is InChI=1S/C10H9ClO/c1-8(12)10(11)7-9-5-3-2-4-6-9/h2-7H,1H3/b10-7-. The summed E-state index contributed by atoms with van der Waals surface area (Å²) in [5, 5.41) is 0.265. The van der Waals surface area contributed by atoms with Crippen molar-refractivity contribution in [2.45, 2.75) is 6.92 Å². The average Bonchev–Trinajstić information content (AvgIpc) is 2.06. The van der Waals surface area contributed by atoms with Gasteiger partial charge in [-0.15, -0.1) is 0 Å². The molecule has 0 aliphatic carbocycles. The molecule has 0 aliphatic rings. The fraction of sp³-hybridized carbons (Fsp3) is 0.100. The molecule has 0 aromatic heterocycles. The van der Waals surface area contributed by atoms with Crippen molar-refractivity contribution in [3.63, 3.8) is 0 Å². The van der Waals surface area contributed by atoms with Crippen LogP contribution < -0.4 is 0 Å². The summed E-state index contributed by atoms with van der Waals surface area (Å²) in [7, 11) is 0. The third-order valence-corrected chi connectivity index (χ3v) is 1.80. The van der Waals surface area contributed by atoms with Gasteiger partial charge in [-0.3, -0.25) is 4.79 Å². The molecule has 2 heteroatoms. The monoisotopic (exact) mass is 180 g/mol. The van der Waals surface area contributed by atoms with Crippen molar-refractivity contribution in [3.05, 3.63) is 40.9 Å². The minimum Gasteiger partial charge on any atom is -0.294 e. The van der Waals surface area contributed by atoms with Crippen molar-refractivity contribution >= 4 is 23.5 Å². The lowest BCUT2D eigenvalue weighted by atomic mass is 10.2. The van der Waals surface area contributed by atoms with Gasteiger partial charge in [-0.2, -0.15) is 0 Å². The Bertz CT molecular complexity index is 301. The van der Waals surface area contributed by atoms with Crippen LogP contribution in [0.4, 0.5) is 0 Å². The maximum absolute atomic E-state index is 10.7. The normalized spacial score (nSPS) is 11.3. The number of hydrogen-bond acceptors (Lipinski definition) is 1. The van der Waals surface area contributed by atoms with E-state index in [1.165, 1.54) is 6.92 Å². The Labute approximate surface area is 76.7 Å². The lowest BCUT2D eigenvalue weighted by Crippen LogP contribution is -1.87. The summed E-state index contributed by atoms with van der Waals surface area (Å²) in [5.74, 6) is -0.111. The molecule has 0 N–H and O–H groups in total. The molecule has 0 saturated carbocycles. The third-order valence-electron chi connectivity index (χ3n) is 1.43. The van der Waals surface area contributed by atoms with E-state index in [-0.39, 0.29) is 10.8 Å². The molecule has 0 fully saturated rings. The Morgan fingerprint density at radius 2 is 1.92 bits per heavy atom. The van der Waals surface area contributed by atoms with E-state index in [0.717, 1.165) is 5.56 Å². The average molecular weight is 181 g/mol. The highest BCUT2D eigenvalue weighted by Crippen LogP contribution is 2.10. The Hall–Kier alpha value is -1.08. The zero-order valence-corrected chi connectivity index (χ0v) is 7.51. The van der Waals surface area contributed by atoms with Crippen LogP contribution in [-0.2, 0) is 4.79 Å². The number of benzene rings is 1. The molecule has 62 valence electrons.